The van der Waals surface area contributed by atoms with Crippen LogP contribution in [0.3, 0.4) is 0 Å². The van der Waals surface area contributed by atoms with Gasteiger partial charge in [-0.1, -0.05) is 0 Å². The Morgan fingerprint density at radius 1 is 1.47 bits per heavy atom. The van der Waals surface area contributed by atoms with Crippen molar-refractivity contribution in [3.05, 3.63) is 24.0 Å². The first kappa shape index (κ1) is 14.2. The summed E-state index contributed by atoms with van der Waals surface area (Å²) in [5, 5.41) is 9.19. The molecular formula is C12H17FN2O3S. The van der Waals surface area contributed by atoms with Crippen LogP contribution in [0.1, 0.15) is 12.8 Å². The smallest absolute Gasteiger partial charge is 0.242 e. The van der Waals surface area contributed by atoms with Crippen molar-refractivity contribution in [1.82, 2.24) is 4.31 Å². The van der Waals surface area contributed by atoms with E-state index in [1.54, 1.807) is 0 Å². The van der Waals surface area contributed by atoms with Gasteiger partial charge in [-0.3, -0.25) is 0 Å². The molecule has 0 radical (unpaired) electrons. The van der Waals surface area contributed by atoms with Crippen LogP contribution in [0, 0.1) is 11.7 Å². The number of benzene rings is 1. The molecule has 0 aromatic heterocycles. The van der Waals surface area contributed by atoms with Crippen LogP contribution in [0.15, 0.2) is 23.1 Å². The van der Waals surface area contributed by atoms with Crippen molar-refractivity contribution in [3.63, 3.8) is 0 Å². The van der Waals surface area contributed by atoms with Gasteiger partial charge in [-0.15, -0.1) is 0 Å². The number of aliphatic hydroxyl groups is 1. The lowest BCUT2D eigenvalue weighted by Gasteiger charge is -2.34. The minimum atomic E-state index is -3.71. The van der Waals surface area contributed by atoms with Crippen LogP contribution in [0.5, 0.6) is 0 Å². The Labute approximate surface area is 111 Å². The highest BCUT2D eigenvalue weighted by atomic mass is 32.2. The second kappa shape index (κ2) is 5.07. The van der Waals surface area contributed by atoms with Gasteiger partial charge in [0.15, 0.2) is 0 Å². The van der Waals surface area contributed by atoms with Crippen LogP contribution in [-0.2, 0) is 10.0 Å². The van der Waals surface area contributed by atoms with E-state index in [-0.39, 0.29) is 22.6 Å². The Bertz CT molecular complexity index is 570. The number of rotatable bonds is 4. The average molecular weight is 288 g/mol. The lowest BCUT2D eigenvalue weighted by Crippen LogP contribution is -2.39. The van der Waals surface area contributed by atoms with E-state index in [4.69, 9.17) is 5.73 Å². The molecule has 1 saturated carbocycles. The van der Waals surface area contributed by atoms with Crippen molar-refractivity contribution in [2.24, 2.45) is 5.92 Å². The van der Waals surface area contributed by atoms with Crippen LogP contribution in [-0.4, -0.2) is 37.5 Å². The zero-order valence-corrected chi connectivity index (χ0v) is 11.4. The predicted molar refractivity (Wildman–Crippen MR) is 69.4 cm³/mol. The fraction of sp³-hybridized carbons (Fsp3) is 0.500. The number of hydrogen-bond acceptors (Lipinski definition) is 4. The van der Waals surface area contributed by atoms with E-state index >= 15 is 0 Å². The van der Waals surface area contributed by atoms with Crippen LogP contribution < -0.4 is 5.73 Å². The number of halogens is 1. The molecule has 19 heavy (non-hydrogen) atoms. The highest BCUT2D eigenvalue weighted by molar-refractivity contribution is 7.89. The molecular weight excluding hydrogens is 271 g/mol. The molecule has 1 aromatic carbocycles. The van der Waals surface area contributed by atoms with E-state index in [1.165, 1.54) is 23.5 Å². The van der Waals surface area contributed by atoms with Crippen molar-refractivity contribution in [2.75, 3.05) is 19.3 Å². The van der Waals surface area contributed by atoms with Crippen LogP contribution in [0.2, 0.25) is 0 Å². The SMILES string of the molecule is CN(CC1CC(O)C1)S(=O)(=O)c1ccc(N)c(F)c1. The first-order chi connectivity index (χ1) is 8.80. The fourth-order valence-electron chi connectivity index (χ4n) is 2.16. The number of aliphatic hydroxyl groups excluding tert-OH is 1. The summed E-state index contributed by atoms with van der Waals surface area (Å²) in [6.07, 6.45) is 0.890. The molecule has 1 fully saturated rings. The molecule has 0 heterocycles. The summed E-state index contributed by atoms with van der Waals surface area (Å²) in [7, 11) is -2.26. The van der Waals surface area contributed by atoms with Crippen LogP contribution in [0.4, 0.5) is 10.1 Å². The van der Waals surface area contributed by atoms with Gasteiger partial charge in [0.2, 0.25) is 10.0 Å². The molecule has 1 aliphatic carbocycles. The maximum atomic E-state index is 13.3. The zero-order valence-electron chi connectivity index (χ0n) is 10.6. The molecule has 0 unspecified atom stereocenters. The lowest BCUT2D eigenvalue weighted by molar-refractivity contribution is 0.0367. The summed E-state index contributed by atoms with van der Waals surface area (Å²) in [6.45, 7) is 0.325. The number of nitrogen functional groups attached to an aromatic ring is 1. The summed E-state index contributed by atoms with van der Waals surface area (Å²) in [4.78, 5) is -0.110. The van der Waals surface area contributed by atoms with Crippen molar-refractivity contribution < 1.29 is 17.9 Å². The molecule has 2 rings (SSSR count). The number of nitrogens with zero attached hydrogens (tertiary/aromatic N) is 1. The molecule has 1 aromatic rings. The third-order valence-electron chi connectivity index (χ3n) is 3.41. The molecule has 0 bridgehead atoms. The van der Waals surface area contributed by atoms with E-state index in [0.29, 0.717) is 19.4 Å². The van der Waals surface area contributed by atoms with Gasteiger partial charge in [0.05, 0.1) is 16.7 Å². The summed E-state index contributed by atoms with van der Waals surface area (Å²) >= 11 is 0. The van der Waals surface area contributed by atoms with Crippen molar-refractivity contribution in [3.8, 4) is 0 Å². The first-order valence-electron chi connectivity index (χ1n) is 6.00. The third-order valence-corrected chi connectivity index (χ3v) is 5.23. The van der Waals surface area contributed by atoms with Gasteiger partial charge in [-0.25, -0.2) is 17.1 Å². The third kappa shape index (κ3) is 2.88. The Morgan fingerprint density at radius 2 is 2.11 bits per heavy atom. The first-order valence-corrected chi connectivity index (χ1v) is 7.44. The minimum Gasteiger partial charge on any atom is -0.396 e. The molecule has 0 atom stereocenters. The summed E-state index contributed by atoms with van der Waals surface area (Å²) < 4.78 is 38.9. The highest BCUT2D eigenvalue weighted by Gasteiger charge is 2.31. The van der Waals surface area contributed by atoms with Crippen molar-refractivity contribution in [2.45, 2.75) is 23.8 Å². The van der Waals surface area contributed by atoms with Gasteiger partial charge in [0.25, 0.3) is 0 Å². The van der Waals surface area contributed by atoms with Gasteiger partial charge in [-0.2, -0.15) is 0 Å². The normalized spacial score (nSPS) is 23.4. The van der Waals surface area contributed by atoms with Crippen LogP contribution in [0.25, 0.3) is 0 Å². The molecule has 0 amide bonds. The molecule has 0 saturated heterocycles. The molecule has 1 aliphatic rings. The van der Waals surface area contributed by atoms with Gasteiger partial charge in [-0.05, 0) is 37.0 Å². The standard InChI is InChI=1S/C12H17FN2O3S/c1-15(7-8-4-9(16)5-8)19(17,18)10-2-3-12(14)11(13)6-10/h2-3,6,8-9,16H,4-5,7,14H2,1H3. The Morgan fingerprint density at radius 3 is 2.63 bits per heavy atom. The van der Waals surface area contributed by atoms with Crippen LogP contribution >= 0.6 is 0 Å². The topological polar surface area (TPSA) is 83.6 Å². The summed E-state index contributed by atoms with van der Waals surface area (Å²) in [5.74, 6) is -0.582. The Kier molecular flexibility index (Phi) is 3.80. The second-order valence-electron chi connectivity index (χ2n) is 4.96. The Hall–Kier alpha value is -1.18. The maximum Gasteiger partial charge on any atom is 0.242 e. The van der Waals surface area contributed by atoms with Gasteiger partial charge >= 0.3 is 0 Å². The molecule has 0 aliphatic heterocycles. The average Bonchev–Trinajstić information content (AvgIpc) is 2.30. The molecule has 0 spiro atoms. The molecule has 7 heteroatoms. The highest BCUT2D eigenvalue weighted by Crippen LogP contribution is 2.29. The fourth-order valence-corrected chi connectivity index (χ4v) is 3.42. The number of anilines is 1. The van der Waals surface area contributed by atoms with E-state index < -0.39 is 15.8 Å². The van der Waals surface area contributed by atoms with E-state index in [1.807, 2.05) is 0 Å². The predicted octanol–water partition coefficient (Wildman–Crippen LogP) is 0.799. The molecule has 106 valence electrons. The number of hydrogen-bond donors (Lipinski definition) is 2. The van der Waals surface area contributed by atoms with Gasteiger partial charge in [0.1, 0.15) is 5.82 Å². The van der Waals surface area contributed by atoms with Crippen molar-refractivity contribution in [1.29, 1.82) is 0 Å². The number of sulfonamides is 1. The van der Waals surface area contributed by atoms with Crippen molar-refractivity contribution >= 4 is 15.7 Å². The zero-order chi connectivity index (χ0) is 14.2. The van der Waals surface area contributed by atoms with E-state index in [0.717, 1.165) is 6.07 Å². The maximum absolute atomic E-state index is 13.3. The van der Waals surface area contributed by atoms with E-state index in [9.17, 15) is 17.9 Å². The minimum absolute atomic E-state index is 0.0799. The molecule has 3 N–H and O–H groups in total. The quantitative estimate of drug-likeness (QED) is 0.803. The molecule has 5 nitrogen and oxygen atoms in total. The Balaban J connectivity index is 2.14. The second-order valence-corrected chi connectivity index (χ2v) is 7.00. The lowest BCUT2D eigenvalue weighted by atomic mass is 9.82. The summed E-state index contributed by atoms with van der Waals surface area (Å²) in [5.41, 5.74) is 5.24. The van der Waals surface area contributed by atoms with E-state index in [2.05, 4.69) is 0 Å². The van der Waals surface area contributed by atoms with Gasteiger partial charge in [0, 0.05) is 13.6 Å². The summed E-state index contributed by atoms with van der Waals surface area (Å²) in [6, 6.07) is 3.46. The number of nitrogens with two attached hydrogens (primary N) is 1. The van der Waals surface area contributed by atoms with Gasteiger partial charge < -0.3 is 10.8 Å². The monoisotopic (exact) mass is 288 g/mol. The largest absolute Gasteiger partial charge is 0.396 e.